The zero-order valence-corrected chi connectivity index (χ0v) is 10.1. The minimum absolute atomic E-state index is 0.453. The number of hydrogen-bond acceptors (Lipinski definition) is 1. The molecule has 0 aliphatic carbocycles. The van der Waals surface area contributed by atoms with Crippen molar-refractivity contribution in [2.75, 3.05) is 0 Å². The van der Waals surface area contributed by atoms with E-state index >= 15 is 0 Å². The van der Waals surface area contributed by atoms with Crippen LogP contribution in [-0.4, -0.2) is 12.1 Å². The number of terminal acetylenes is 1. The molecule has 14 heavy (non-hydrogen) atoms. The Balaban J connectivity index is 3.84. The smallest absolute Gasteiger partial charge is 0.0238 e. The van der Waals surface area contributed by atoms with Gasteiger partial charge in [0.2, 0.25) is 0 Å². The van der Waals surface area contributed by atoms with Gasteiger partial charge in [0.25, 0.3) is 0 Å². The summed E-state index contributed by atoms with van der Waals surface area (Å²) in [5.74, 6) is 3.51. The fraction of sp³-hybridized carbons (Fsp3) is 0.846. The van der Waals surface area contributed by atoms with Crippen molar-refractivity contribution in [2.24, 2.45) is 5.92 Å². The van der Waals surface area contributed by atoms with Gasteiger partial charge >= 0.3 is 0 Å². The molecule has 0 bridgehead atoms. The molecule has 0 aromatic carbocycles. The summed E-state index contributed by atoms with van der Waals surface area (Å²) < 4.78 is 0. The third-order valence-corrected chi connectivity index (χ3v) is 2.82. The van der Waals surface area contributed by atoms with Crippen LogP contribution in [0.5, 0.6) is 0 Å². The molecule has 0 rings (SSSR count). The van der Waals surface area contributed by atoms with Gasteiger partial charge in [0.05, 0.1) is 0 Å². The molecule has 0 amide bonds. The maximum Gasteiger partial charge on any atom is 0.0238 e. The van der Waals surface area contributed by atoms with Gasteiger partial charge in [0.1, 0.15) is 0 Å². The van der Waals surface area contributed by atoms with E-state index in [1.54, 1.807) is 0 Å². The molecule has 0 saturated heterocycles. The molecule has 0 aliphatic heterocycles. The lowest BCUT2D eigenvalue weighted by Gasteiger charge is -2.23. The zero-order valence-electron chi connectivity index (χ0n) is 10.1. The highest BCUT2D eigenvalue weighted by atomic mass is 14.9. The number of nitrogens with one attached hydrogen (secondary N) is 1. The molecule has 1 nitrogen and oxygen atoms in total. The van der Waals surface area contributed by atoms with Crippen LogP contribution in [0.4, 0.5) is 0 Å². The van der Waals surface area contributed by atoms with Crippen LogP contribution in [0, 0.1) is 18.3 Å². The first-order chi connectivity index (χ1) is 6.63. The van der Waals surface area contributed by atoms with E-state index in [-0.39, 0.29) is 0 Å². The highest BCUT2D eigenvalue weighted by Crippen LogP contribution is 2.12. The average Bonchev–Trinajstić information content (AvgIpc) is 2.16. The summed E-state index contributed by atoms with van der Waals surface area (Å²) >= 11 is 0. The Bertz CT molecular complexity index is 169. The molecule has 3 atom stereocenters. The van der Waals surface area contributed by atoms with Gasteiger partial charge in [-0.2, -0.15) is 0 Å². The van der Waals surface area contributed by atoms with Crippen LogP contribution in [0.25, 0.3) is 0 Å². The summed E-state index contributed by atoms with van der Waals surface area (Å²) in [5, 5.41) is 3.59. The minimum Gasteiger partial charge on any atom is -0.311 e. The summed E-state index contributed by atoms with van der Waals surface area (Å²) in [7, 11) is 0. The second-order valence-electron chi connectivity index (χ2n) is 4.33. The Kier molecular flexibility index (Phi) is 7.61. The normalized spacial score (nSPS) is 17.1. The van der Waals surface area contributed by atoms with Crippen molar-refractivity contribution in [1.82, 2.24) is 5.32 Å². The third kappa shape index (κ3) is 6.05. The summed E-state index contributed by atoms with van der Waals surface area (Å²) in [6.45, 7) is 8.97. The lowest BCUT2D eigenvalue weighted by molar-refractivity contribution is 0.357. The van der Waals surface area contributed by atoms with Crippen molar-refractivity contribution in [2.45, 2.75) is 65.5 Å². The molecular formula is C13H25N. The molecular weight excluding hydrogens is 170 g/mol. The Morgan fingerprint density at radius 3 is 2.29 bits per heavy atom. The van der Waals surface area contributed by atoms with Crippen LogP contribution in [0.3, 0.4) is 0 Å². The van der Waals surface area contributed by atoms with E-state index in [2.05, 4.69) is 38.9 Å². The van der Waals surface area contributed by atoms with E-state index in [1.165, 1.54) is 19.3 Å². The van der Waals surface area contributed by atoms with Crippen molar-refractivity contribution in [3.05, 3.63) is 0 Å². The fourth-order valence-electron chi connectivity index (χ4n) is 1.64. The average molecular weight is 195 g/mol. The van der Waals surface area contributed by atoms with Crippen LogP contribution in [0.1, 0.15) is 53.4 Å². The summed E-state index contributed by atoms with van der Waals surface area (Å²) in [5.41, 5.74) is 0. The molecule has 0 aromatic rings. The van der Waals surface area contributed by atoms with Gasteiger partial charge in [-0.3, -0.25) is 0 Å². The van der Waals surface area contributed by atoms with Crippen molar-refractivity contribution in [3.8, 4) is 12.3 Å². The standard InChI is InChI=1S/C13H25N/c1-6-9-12(5)14-13(8-3)10-11(4)7-2/h1,11-14H,7-10H2,2-5H3. The second-order valence-corrected chi connectivity index (χ2v) is 4.33. The minimum atomic E-state index is 0.453. The van der Waals surface area contributed by atoms with Gasteiger partial charge in [0, 0.05) is 18.5 Å². The highest BCUT2D eigenvalue weighted by Gasteiger charge is 2.12. The topological polar surface area (TPSA) is 12.0 Å². The molecule has 0 radical (unpaired) electrons. The molecule has 1 heteroatoms. The van der Waals surface area contributed by atoms with E-state index in [0.717, 1.165) is 12.3 Å². The quantitative estimate of drug-likeness (QED) is 0.615. The SMILES string of the molecule is C#CCC(C)NC(CC)CC(C)CC. The van der Waals surface area contributed by atoms with Crippen LogP contribution >= 0.6 is 0 Å². The Hall–Kier alpha value is -0.480. The Labute approximate surface area is 89.7 Å². The third-order valence-electron chi connectivity index (χ3n) is 2.82. The first-order valence-corrected chi connectivity index (χ1v) is 5.83. The predicted molar refractivity (Wildman–Crippen MR) is 64.2 cm³/mol. The summed E-state index contributed by atoms with van der Waals surface area (Å²) in [6, 6.07) is 1.09. The highest BCUT2D eigenvalue weighted by molar-refractivity contribution is 4.89. The van der Waals surface area contributed by atoms with Crippen molar-refractivity contribution >= 4 is 0 Å². The van der Waals surface area contributed by atoms with Gasteiger partial charge in [-0.25, -0.2) is 0 Å². The first kappa shape index (κ1) is 13.5. The van der Waals surface area contributed by atoms with E-state index in [9.17, 15) is 0 Å². The van der Waals surface area contributed by atoms with Crippen molar-refractivity contribution in [3.63, 3.8) is 0 Å². The summed E-state index contributed by atoms with van der Waals surface area (Å²) in [6.07, 6.45) is 9.84. The van der Waals surface area contributed by atoms with Gasteiger partial charge in [-0.1, -0.05) is 27.2 Å². The lowest BCUT2D eigenvalue weighted by Crippen LogP contribution is -2.36. The van der Waals surface area contributed by atoms with E-state index < -0.39 is 0 Å². The maximum atomic E-state index is 5.28. The second kappa shape index (κ2) is 7.88. The number of rotatable bonds is 7. The fourth-order valence-corrected chi connectivity index (χ4v) is 1.64. The molecule has 0 fully saturated rings. The maximum absolute atomic E-state index is 5.28. The van der Waals surface area contributed by atoms with Gasteiger partial charge < -0.3 is 5.32 Å². The van der Waals surface area contributed by atoms with Crippen molar-refractivity contribution in [1.29, 1.82) is 0 Å². The van der Waals surface area contributed by atoms with Gasteiger partial charge in [0.15, 0.2) is 0 Å². The zero-order chi connectivity index (χ0) is 11.0. The predicted octanol–water partition coefficient (Wildman–Crippen LogP) is 3.20. The molecule has 0 saturated carbocycles. The van der Waals surface area contributed by atoms with Crippen molar-refractivity contribution < 1.29 is 0 Å². The van der Waals surface area contributed by atoms with Gasteiger partial charge in [-0.05, 0) is 25.7 Å². The molecule has 0 heterocycles. The molecule has 0 aliphatic rings. The molecule has 82 valence electrons. The first-order valence-electron chi connectivity index (χ1n) is 5.83. The molecule has 0 aromatic heterocycles. The molecule has 3 unspecified atom stereocenters. The van der Waals surface area contributed by atoms with Crippen LogP contribution in [0.2, 0.25) is 0 Å². The Morgan fingerprint density at radius 2 is 1.86 bits per heavy atom. The van der Waals surface area contributed by atoms with Crippen LogP contribution in [-0.2, 0) is 0 Å². The van der Waals surface area contributed by atoms with Crippen LogP contribution in [0.15, 0.2) is 0 Å². The van der Waals surface area contributed by atoms with Gasteiger partial charge in [-0.15, -0.1) is 12.3 Å². The van der Waals surface area contributed by atoms with E-state index in [1.807, 2.05) is 0 Å². The molecule has 1 N–H and O–H groups in total. The van der Waals surface area contributed by atoms with Crippen LogP contribution < -0.4 is 5.32 Å². The number of hydrogen-bond donors (Lipinski definition) is 1. The van der Waals surface area contributed by atoms with E-state index in [0.29, 0.717) is 12.1 Å². The summed E-state index contributed by atoms with van der Waals surface area (Å²) in [4.78, 5) is 0. The van der Waals surface area contributed by atoms with E-state index in [4.69, 9.17) is 6.42 Å². The monoisotopic (exact) mass is 195 g/mol. The Morgan fingerprint density at radius 1 is 1.21 bits per heavy atom. The lowest BCUT2D eigenvalue weighted by atomic mass is 9.97. The molecule has 0 spiro atoms. The largest absolute Gasteiger partial charge is 0.311 e.